The molecule has 7 heteroatoms. The summed E-state index contributed by atoms with van der Waals surface area (Å²) in [6, 6.07) is 0. The second kappa shape index (κ2) is 18.1. The molecule has 0 aliphatic heterocycles. The molecular formula is C23H43N5S2. The largest absolute Gasteiger partial charge is 0.293 e. The van der Waals surface area contributed by atoms with E-state index in [9.17, 15) is 0 Å². The first kappa shape index (κ1) is 32.9. The van der Waals surface area contributed by atoms with Gasteiger partial charge < -0.3 is 0 Å². The minimum atomic E-state index is -0.0571. The van der Waals surface area contributed by atoms with Crippen LogP contribution in [0.1, 0.15) is 81.2 Å². The standard InChI is InChI=1S/C17H25N5S2.3C2H6/c1-8-12(23-9-2)14(18)22-16(19)24-15(21-22)11(3)10-13(20-7)17(4,5)6;3*1-2/h8-10,18-19H,2H2,1,3-7H3;3*1-2H3/b11-10+,12-8-,18-14?,19-16?,20-13?;;;. The van der Waals surface area contributed by atoms with Crippen molar-refractivity contribution in [3.63, 3.8) is 0 Å². The fourth-order valence-electron chi connectivity index (χ4n) is 1.94. The molecule has 1 aromatic rings. The third-order valence-electron chi connectivity index (χ3n) is 3.19. The molecule has 1 aromatic heterocycles. The highest BCUT2D eigenvalue weighted by molar-refractivity contribution is 8.06. The van der Waals surface area contributed by atoms with Gasteiger partial charge in [-0.15, -0.1) is 0 Å². The molecule has 0 saturated heterocycles. The fraction of sp³-hybridized carbons (Fsp3) is 0.565. The van der Waals surface area contributed by atoms with Gasteiger partial charge in [-0.2, -0.15) is 9.78 Å². The highest BCUT2D eigenvalue weighted by Crippen LogP contribution is 2.22. The SMILES string of the molecule is C=CS/C(=C\C)C(=N)n1nc(/C(C)=C/C(=NC)C(C)(C)C)sc1=N.CC.CC.CC. The Balaban J connectivity index is -0.00000111. The van der Waals surface area contributed by atoms with Crippen LogP contribution in [-0.4, -0.2) is 28.4 Å². The van der Waals surface area contributed by atoms with Crippen LogP contribution in [0, 0.1) is 16.2 Å². The lowest BCUT2D eigenvalue weighted by molar-refractivity contribution is 0.593. The smallest absolute Gasteiger partial charge is 0.206 e. The second-order valence-corrected chi connectivity index (χ2v) is 8.08. The van der Waals surface area contributed by atoms with Crippen LogP contribution in [0.3, 0.4) is 0 Å². The van der Waals surface area contributed by atoms with Crippen LogP contribution in [0.4, 0.5) is 0 Å². The molecule has 30 heavy (non-hydrogen) atoms. The molecule has 0 aliphatic rings. The lowest BCUT2D eigenvalue weighted by Crippen LogP contribution is -2.24. The number of aromatic nitrogens is 2. The third kappa shape index (κ3) is 10.9. The maximum Gasteiger partial charge on any atom is 0.206 e. The zero-order chi connectivity index (χ0) is 24.5. The third-order valence-corrected chi connectivity index (χ3v) is 5.01. The van der Waals surface area contributed by atoms with Crippen molar-refractivity contribution in [1.82, 2.24) is 9.78 Å². The number of nitrogens with zero attached hydrogens (tertiary/aromatic N) is 3. The van der Waals surface area contributed by atoms with Crippen molar-refractivity contribution in [3.05, 3.63) is 38.9 Å². The van der Waals surface area contributed by atoms with E-state index in [0.29, 0.717) is 9.91 Å². The summed E-state index contributed by atoms with van der Waals surface area (Å²) in [7, 11) is 1.78. The summed E-state index contributed by atoms with van der Waals surface area (Å²) in [5, 5.41) is 23.2. The molecule has 0 amide bonds. The minimum Gasteiger partial charge on any atom is -0.293 e. The van der Waals surface area contributed by atoms with E-state index >= 15 is 0 Å². The maximum absolute atomic E-state index is 8.27. The van der Waals surface area contributed by atoms with Gasteiger partial charge in [-0.3, -0.25) is 15.8 Å². The van der Waals surface area contributed by atoms with E-state index in [4.69, 9.17) is 10.8 Å². The van der Waals surface area contributed by atoms with Crippen LogP contribution in [0.15, 0.2) is 34.0 Å². The van der Waals surface area contributed by atoms with Crippen LogP contribution < -0.4 is 4.80 Å². The summed E-state index contributed by atoms with van der Waals surface area (Å²) in [5.74, 6) is 0.183. The second-order valence-electron chi connectivity index (χ2n) is 6.10. The Morgan fingerprint density at radius 1 is 1.17 bits per heavy atom. The fourth-order valence-corrected chi connectivity index (χ4v) is 3.20. The molecule has 0 aromatic carbocycles. The molecule has 0 spiro atoms. The molecule has 172 valence electrons. The normalized spacial score (nSPS) is 11.8. The zero-order valence-corrected chi connectivity index (χ0v) is 22.7. The molecule has 0 saturated carbocycles. The van der Waals surface area contributed by atoms with Gasteiger partial charge in [0.2, 0.25) is 4.80 Å². The number of aliphatic imine (C=N–C) groups is 1. The predicted octanol–water partition coefficient (Wildman–Crippen LogP) is 7.63. The molecule has 5 nitrogen and oxygen atoms in total. The monoisotopic (exact) mass is 453 g/mol. The summed E-state index contributed by atoms with van der Waals surface area (Å²) < 4.78 is 1.35. The van der Waals surface area contributed by atoms with E-state index in [1.54, 1.807) is 12.5 Å². The zero-order valence-electron chi connectivity index (χ0n) is 21.1. The van der Waals surface area contributed by atoms with E-state index in [2.05, 4.69) is 37.4 Å². The van der Waals surface area contributed by atoms with Crippen molar-refractivity contribution in [3.8, 4) is 0 Å². The quantitative estimate of drug-likeness (QED) is 0.355. The molecule has 0 radical (unpaired) electrons. The Kier molecular flexibility index (Phi) is 19.8. The summed E-state index contributed by atoms with van der Waals surface area (Å²) >= 11 is 2.60. The first-order chi connectivity index (χ1) is 14.1. The first-order valence-corrected chi connectivity index (χ1v) is 12.2. The van der Waals surface area contributed by atoms with Gasteiger partial charge in [0, 0.05) is 18.2 Å². The van der Waals surface area contributed by atoms with Gasteiger partial charge >= 0.3 is 0 Å². The highest BCUT2D eigenvalue weighted by Gasteiger charge is 2.18. The van der Waals surface area contributed by atoms with Crippen molar-refractivity contribution in [2.45, 2.75) is 76.2 Å². The van der Waals surface area contributed by atoms with Gasteiger partial charge in [-0.05, 0) is 30.9 Å². The van der Waals surface area contributed by atoms with E-state index < -0.39 is 0 Å². The van der Waals surface area contributed by atoms with Crippen LogP contribution in [-0.2, 0) is 0 Å². The average Bonchev–Trinajstić information content (AvgIpc) is 3.14. The predicted molar refractivity (Wildman–Crippen MR) is 141 cm³/mol. The van der Waals surface area contributed by atoms with E-state index in [0.717, 1.165) is 11.3 Å². The molecule has 2 N–H and O–H groups in total. The number of hydrogen-bond acceptors (Lipinski definition) is 6. The van der Waals surface area contributed by atoms with Crippen LogP contribution >= 0.6 is 23.1 Å². The topological polar surface area (TPSA) is 77.9 Å². The molecular weight excluding hydrogens is 410 g/mol. The lowest BCUT2D eigenvalue weighted by atomic mass is 9.89. The van der Waals surface area contributed by atoms with Crippen LogP contribution in [0.2, 0.25) is 0 Å². The molecule has 0 aliphatic carbocycles. The van der Waals surface area contributed by atoms with Gasteiger partial charge in [-0.25, -0.2) is 0 Å². The van der Waals surface area contributed by atoms with E-state index in [1.807, 2.05) is 67.5 Å². The van der Waals surface area contributed by atoms with Crippen LogP contribution in [0.25, 0.3) is 5.57 Å². The number of thioether (sulfide) groups is 1. The lowest BCUT2D eigenvalue weighted by Gasteiger charge is -2.18. The Hall–Kier alpha value is -1.73. The van der Waals surface area contributed by atoms with Crippen molar-refractivity contribution in [2.24, 2.45) is 10.4 Å². The molecule has 0 bridgehead atoms. The van der Waals surface area contributed by atoms with Gasteiger partial charge in [-0.1, -0.05) is 98.1 Å². The number of hydrogen-bond donors (Lipinski definition) is 2. The number of nitrogens with one attached hydrogen (secondary N) is 2. The maximum atomic E-state index is 8.27. The summed E-state index contributed by atoms with van der Waals surface area (Å²) in [5.41, 5.74) is 1.85. The molecule has 1 heterocycles. The Labute approximate surface area is 193 Å². The molecule has 0 fully saturated rings. The summed E-state index contributed by atoms with van der Waals surface area (Å²) in [6.45, 7) is 25.8. The molecule has 0 unspecified atom stereocenters. The molecule has 1 rings (SSSR count). The van der Waals surface area contributed by atoms with Crippen molar-refractivity contribution in [1.29, 1.82) is 10.8 Å². The van der Waals surface area contributed by atoms with Crippen LogP contribution in [0.5, 0.6) is 0 Å². The molecule has 0 atom stereocenters. The average molecular weight is 454 g/mol. The van der Waals surface area contributed by atoms with Crippen molar-refractivity contribution in [2.75, 3.05) is 7.05 Å². The van der Waals surface area contributed by atoms with Gasteiger partial charge in [0.1, 0.15) is 5.01 Å². The van der Waals surface area contributed by atoms with E-state index in [1.165, 1.54) is 27.8 Å². The van der Waals surface area contributed by atoms with Gasteiger partial charge in [0.25, 0.3) is 0 Å². The van der Waals surface area contributed by atoms with Crippen molar-refractivity contribution >= 4 is 40.2 Å². The van der Waals surface area contributed by atoms with Crippen molar-refractivity contribution < 1.29 is 0 Å². The van der Waals surface area contributed by atoms with Gasteiger partial charge in [0.05, 0.1) is 4.91 Å². The summed E-state index contributed by atoms with van der Waals surface area (Å²) in [4.78, 5) is 5.29. The highest BCUT2D eigenvalue weighted by atomic mass is 32.2. The van der Waals surface area contributed by atoms with E-state index in [-0.39, 0.29) is 16.1 Å². The first-order valence-electron chi connectivity index (χ1n) is 10.5. The summed E-state index contributed by atoms with van der Waals surface area (Å²) in [6.07, 6.45) is 3.82. The number of rotatable bonds is 5. The van der Waals surface area contributed by atoms with Gasteiger partial charge in [0.15, 0.2) is 5.84 Å². The Morgan fingerprint density at radius 3 is 2.03 bits per heavy atom. The Bertz CT molecular complexity index is 772. The minimum absolute atomic E-state index is 0.0571. The number of allylic oxidation sites excluding steroid dienone is 4. The Morgan fingerprint density at radius 2 is 1.67 bits per heavy atom.